The summed E-state index contributed by atoms with van der Waals surface area (Å²) in [5.74, 6) is 0.0283. The first-order valence-corrected chi connectivity index (χ1v) is 5.39. The highest BCUT2D eigenvalue weighted by atomic mass is 16.2. The Bertz CT molecular complexity index is 368. The molecule has 0 aliphatic carbocycles. The van der Waals surface area contributed by atoms with E-state index in [4.69, 9.17) is 0 Å². The third-order valence-corrected chi connectivity index (χ3v) is 2.18. The number of rotatable bonds is 5. The van der Waals surface area contributed by atoms with Gasteiger partial charge in [0.2, 0.25) is 0 Å². The molecule has 0 atom stereocenters. The Morgan fingerprint density at radius 3 is 2.62 bits per heavy atom. The maximum Gasteiger partial charge on any atom is 0.257 e. The van der Waals surface area contributed by atoms with Gasteiger partial charge < -0.3 is 4.90 Å². The van der Waals surface area contributed by atoms with Crippen LogP contribution in [0, 0.1) is 0 Å². The van der Waals surface area contributed by atoms with Gasteiger partial charge in [-0.2, -0.15) is 0 Å². The number of hydrogen-bond acceptors (Lipinski definition) is 1. The first-order chi connectivity index (χ1) is 7.79. The first-order valence-electron chi connectivity index (χ1n) is 5.39. The lowest BCUT2D eigenvalue weighted by Crippen LogP contribution is -2.26. The Labute approximate surface area is 96.9 Å². The Balaban J connectivity index is 2.78. The van der Waals surface area contributed by atoms with E-state index in [1.54, 1.807) is 11.1 Å². The van der Waals surface area contributed by atoms with Crippen LogP contribution >= 0.6 is 0 Å². The minimum absolute atomic E-state index is 0.0283. The smallest absolute Gasteiger partial charge is 0.257 e. The maximum absolute atomic E-state index is 12.1. The van der Waals surface area contributed by atoms with Crippen LogP contribution in [0.1, 0.15) is 23.7 Å². The van der Waals surface area contributed by atoms with Gasteiger partial charge in [0.1, 0.15) is 0 Å². The van der Waals surface area contributed by atoms with Crippen LogP contribution < -0.4 is 0 Å². The molecule has 1 rings (SSSR count). The molecule has 0 saturated heterocycles. The van der Waals surface area contributed by atoms with Gasteiger partial charge in [-0.05, 0) is 25.5 Å². The molecule has 16 heavy (non-hydrogen) atoms. The SMILES string of the molecule is C=CCCN(/C=C/C)C(=O)c1ccccc1. The van der Waals surface area contributed by atoms with Crippen LogP contribution in [0.3, 0.4) is 0 Å². The fourth-order valence-corrected chi connectivity index (χ4v) is 1.40. The van der Waals surface area contributed by atoms with E-state index in [1.165, 1.54) is 0 Å². The number of carbonyl (C=O) groups excluding carboxylic acids is 1. The molecule has 1 aromatic carbocycles. The predicted molar refractivity (Wildman–Crippen MR) is 67.1 cm³/mol. The standard InChI is InChI=1S/C14H17NO/c1-3-5-12-15(11-4-2)14(16)13-9-7-6-8-10-13/h3-4,6-11H,1,5,12H2,2H3/b11-4+. The number of carbonyl (C=O) groups is 1. The van der Waals surface area contributed by atoms with Crippen molar-refractivity contribution >= 4 is 5.91 Å². The fourth-order valence-electron chi connectivity index (χ4n) is 1.40. The van der Waals surface area contributed by atoms with E-state index in [9.17, 15) is 4.79 Å². The third-order valence-electron chi connectivity index (χ3n) is 2.18. The monoisotopic (exact) mass is 215 g/mol. The van der Waals surface area contributed by atoms with Crippen molar-refractivity contribution in [3.05, 3.63) is 60.8 Å². The lowest BCUT2D eigenvalue weighted by molar-refractivity contribution is 0.0824. The Hall–Kier alpha value is -1.83. The molecule has 0 aliphatic heterocycles. The molecule has 0 saturated carbocycles. The third kappa shape index (κ3) is 3.39. The number of amides is 1. The van der Waals surface area contributed by atoms with Gasteiger partial charge in [-0.15, -0.1) is 6.58 Å². The highest BCUT2D eigenvalue weighted by molar-refractivity contribution is 5.94. The molecule has 0 aromatic heterocycles. The van der Waals surface area contributed by atoms with Crippen LogP contribution in [-0.2, 0) is 0 Å². The lowest BCUT2D eigenvalue weighted by Gasteiger charge is -2.17. The van der Waals surface area contributed by atoms with Gasteiger partial charge in [0.25, 0.3) is 5.91 Å². The van der Waals surface area contributed by atoms with Crippen molar-refractivity contribution in [1.82, 2.24) is 4.90 Å². The summed E-state index contributed by atoms with van der Waals surface area (Å²) in [6, 6.07) is 9.29. The van der Waals surface area contributed by atoms with E-state index in [-0.39, 0.29) is 5.91 Å². The van der Waals surface area contributed by atoms with Crippen LogP contribution in [0.15, 0.2) is 55.3 Å². The van der Waals surface area contributed by atoms with Crippen LogP contribution in [0.4, 0.5) is 0 Å². The van der Waals surface area contributed by atoms with Crippen LogP contribution in [0.25, 0.3) is 0 Å². The van der Waals surface area contributed by atoms with E-state index in [0.717, 1.165) is 6.42 Å². The Kier molecular flexibility index (Phi) is 5.06. The molecule has 0 fully saturated rings. The van der Waals surface area contributed by atoms with Gasteiger partial charge in [0, 0.05) is 18.3 Å². The molecule has 1 aromatic rings. The summed E-state index contributed by atoms with van der Waals surface area (Å²) >= 11 is 0. The van der Waals surface area contributed by atoms with Crippen molar-refractivity contribution in [1.29, 1.82) is 0 Å². The minimum atomic E-state index is 0.0283. The first kappa shape index (κ1) is 12.2. The Morgan fingerprint density at radius 2 is 2.06 bits per heavy atom. The molecular weight excluding hydrogens is 198 g/mol. The van der Waals surface area contributed by atoms with E-state index in [0.29, 0.717) is 12.1 Å². The summed E-state index contributed by atoms with van der Waals surface area (Å²) in [6.07, 6.45) is 6.28. The second-order valence-electron chi connectivity index (χ2n) is 3.42. The maximum atomic E-state index is 12.1. The zero-order chi connectivity index (χ0) is 11.8. The summed E-state index contributed by atoms with van der Waals surface area (Å²) in [4.78, 5) is 13.8. The second kappa shape index (κ2) is 6.62. The fraction of sp³-hybridized carbons (Fsp3) is 0.214. The average Bonchev–Trinajstić information content (AvgIpc) is 2.35. The molecule has 2 nitrogen and oxygen atoms in total. The summed E-state index contributed by atoms with van der Waals surface area (Å²) < 4.78 is 0. The summed E-state index contributed by atoms with van der Waals surface area (Å²) in [5, 5.41) is 0. The highest BCUT2D eigenvalue weighted by Gasteiger charge is 2.11. The van der Waals surface area contributed by atoms with Gasteiger partial charge >= 0.3 is 0 Å². The normalized spacial score (nSPS) is 10.3. The summed E-state index contributed by atoms with van der Waals surface area (Å²) in [7, 11) is 0. The quantitative estimate of drug-likeness (QED) is 0.690. The summed E-state index contributed by atoms with van der Waals surface area (Å²) in [5.41, 5.74) is 0.713. The molecule has 2 heteroatoms. The Morgan fingerprint density at radius 1 is 1.38 bits per heavy atom. The lowest BCUT2D eigenvalue weighted by atomic mass is 10.2. The zero-order valence-electron chi connectivity index (χ0n) is 9.60. The molecular formula is C14H17NO. The van der Waals surface area contributed by atoms with Crippen LogP contribution in [0.2, 0.25) is 0 Å². The van der Waals surface area contributed by atoms with Crippen LogP contribution in [0.5, 0.6) is 0 Å². The van der Waals surface area contributed by atoms with Crippen molar-refractivity contribution in [2.24, 2.45) is 0 Å². The van der Waals surface area contributed by atoms with Crippen molar-refractivity contribution in [2.75, 3.05) is 6.54 Å². The van der Waals surface area contributed by atoms with Crippen molar-refractivity contribution in [2.45, 2.75) is 13.3 Å². The number of hydrogen-bond donors (Lipinski definition) is 0. The van der Waals surface area contributed by atoms with Gasteiger partial charge in [-0.3, -0.25) is 4.79 Å². The molecule has 0 spiro atoms. The molecule has 0 bridgehead atoms. The predicted octanol–water partition coefficient (Wildman–Crippen LogP) is 3.24. The molecule has 84 valence electrons. The van der Waals surface area contributed by atoms with E-state index in [1.807, 2.05) is 49.4 Å². The van der Waals surface area contributed by atoms with E-state index in [2.05, 4.69) is 6.58 Å². The van der Waals surface area contributed by atoms with Gasteiger partial charge in [0.15, 0.2) is 0 Å². The van der Waals surface area contributed by atoms with Gasteiger partial charge in [-0.1, -0.05) is 30.4 Å². The molecule has 1 amide bonds. The van der Waals surface area contributed by atoms with Gasteiger partial charge in [-0.25, -0.2) is 0 Å². The molecule has 0 aliphatic rings. The van der Waals surface area contributed by atoms with Crippen LogP contribution in [-0.4, -0.2) is 17.4 Å². The average molecular weight is 215 g/mol. The van der Waals surface area contributed by atoms with E-state index >= 15 is 0 Å². The van der Waals surface area contributed by atoms with Crippen molar-refractivity contribution in [3.8, 4) is 0 Å². The van der Waals surface area contributed by atoms with Gasteiger partial charge in [0.05, 0.1) is 0 Å². The highest BCUT2D eigenvalue weighted by Crippen LogP contribution is 2.06. The summed E-state index contributed by atoms with van der Waals surface area (Å²) in [6.45, 7) is 6.23. The zero-order valence-corrected chi connectivity index (χ0v) is 9.60. The molecule has 0 radical (unpaired) electrons. The minimum Gasteiger partial charge on any atom is -0.315 e. The molecule has 0 unspecified atom stereocenters. The largest absolute Gasteiger partial charge is 0.315 e. The second-order valence-corrected chi connectivity index (χ2v) is 3.42. The van der Waals surface area contributed by atoms with E-state index < -0.39 is 0 Å². The number of allylic oxidation sites excluding steroid dienone is 1. The van der Waals surface area contributed by atoms with Crippen molar-refractivity contribution < 1.29 is 4.79 Å². The molecule has 0 N–H and O–H groups in total. The number of benzene rings is 1. The van der Waals surface area contributed by atoms with Crippen molar-refractivity contribution in [3.63, 3.8) is 0 Å². The molecule has 0 heterocycles. The topological polar surface area (TPSA) is 20.3 Å². The number of nitrogens with zero attached hydrogens (tertiary/aromatic N) is 1.